The summed E-state index contributed by atoms with van der Waals surface area (Å²) in [6.07, 6.45) is 6.20. The van der Waals surface area contributed by atoms with E-state index in [1.165, 1.54) is 25.7 Å². The van der Waals surface area contributed by atoms with Crippen molar-refractivity contribution in [1.82, 2.24) is 0 Å². The Hall–Kier alpha value is -1.02. The van der Waals surface area contributed by atoms with Crippen LogP contribution < -0.4 is 4.90 Å². The summed E-state index contributed by atoms with van der Waals surface area (Å²) in [5.74, 6) is 0.810. The number of rotatable bonds is 4. The van der Waals surface area contributed by atoms with Crippen LogP contribution in [0.5, 0.6) is 0 Å². The highest BCUT2D eigenvalue weighted by Crippen LogP contribution is 2.28. The quantitative estimate of drug-likeness (QED) is 0.759. The molecule has 3 heteroatoms. The van der Waals surface area contributed by atoms with Gasteiger partial charge in [0.2, 0.25) is 0 Å². The number of benzene rings is 1. The molecule has 0 unspecified atom stereocenters. The van der Waals surface area contributed by atoms with Crippen molar-refractivity contribution in [2.45, 2.75) is 25.7 Å². The lowest BCUT2D eigenvalue weighted by atomic mass is 10.1. The van der Waals surface area contributed by atoms with Crippen LogP contribution in [-0.2, 0) is 0 Å². The van der Waals surface area contributed by atoms with Crippen LogP contribution in [0.15, 0.2) is 18.2 Å². The van der Waals surface area contributed by atoms with Crippen molar-refractivity contribution in [3.63, 3.8) is 0 Å². The fraction of sp³-hybridized carbons (Fsp3) is 0.500. The number of hydrogen-bond donors (Lipinski definition) is 0. The normalized spacial score (nSPS) is 16.1. The Kier molecular flexibility index (Phi) is 4.06. The van der Waals surface area contributed by atoms with Gasteiger partial charge in [-0.25, -0.2) is 0 Å². The van der Waals surface area contributed by atoms with E-state index in [2.05, 4.69) is 11.9 Å². The Bertz CT molecular complexity index is 399. The Morgan fingerprint density at radius 3 is 2.71 bits per heavy atom. The number of nitrogens with zero attached hydrogens (tertiary/aromatic N) is 1. The van der Waals surface area contributed by atoms with Crippen molar-refractivity contribution in [2.24, 2.45) is 5.92 Å². The predicted octanol–water partition coefficient (Wildman–Crippen LogP) is 3.78. The van der Waals surface area contributed by atoms with Gasteiger partial charge in [-0.05, 0) is 37.0 Å². The molecule has 2 nitrogen and oxygen atoms in total. The Labute approximate surface area is 108 Å². The first kappa shape index (κ1) is 12.4. The van der Waals surface area contributed by atoms with E-state index in [-0.39, 0.29) is 0 Å². The van der Waals surface area contributed by atoms with E-state index in [0.717, 1.165) is 24.4 Å². The molecule has 0 amide bonds. The zero-order chi connectivity index (χ0) is 12.3. The van der Waals surface area contributed by atoms with Crippen molar-refractivity contribution in [3.8, 4) is 0 Å². The molecule has 1 aromatic rings. The van der Waals surface area contributed by atoms with Gasteiger partial charge in [0.25, 0.3) is 0 Å². The molecule has 92 valence electrons. The van der Waals surface area contributed by atoms with Gasteiger partial charge in [-0.2, -0.15) is 0 Å². The van der Waals surface area contributed by atoms with Gasteiger partial charge in [-0.1, -0.05) is 24.4 Å². The van der Waals surface area contributed by atoms with Crippen molar-refractivity contribution < 1.29 is 4.79 Å². The van der Waals surface area contributed by atoms with Crippen molar-refractivity contribution >= 4 is 23.6 Å². The van der Waals surface area contributed by atoms with Gasteiger partial charge >= 0.3 is 0 Å². The molecule has 0 atom stereocenters. The minimum atomic E-state index is 0.538. The summed E-state index contributed by atoms with van der Waals surface area (Å²) in [7, 11) is 2.09. The highest BCUT2D eigenvalue weighted by molar-refractivity contribution is 6.33. The Morgan fingerprint density at radius 1 is 1.41 bits per heavy atom. The Balaban J connectivity index is 2.05. The van der Waals surface area contributed by atoms with E-state index in [4.69, 9.17) is 11.6 Å². The number of hydrogen-bond acceptors (Lipinski definition) is 2. The Morgan fingerprint density at radius 2 is 2.12 bits per heavy atom. The van der Waals surface area contributed by atoms with Crippen LogP contribution in [-0.4, -0.2) is 19.9 Å². The zero-order valence-electron chi connectivity index (χ0n) is 10.2. The molecule has 0 N–H and O–H groups in total. The predicted molar refractivity (Wildman–Crippen MR) is 72.1 cm³/mol. The summed E-state index contributed by atoms with van der Waals surface area (Å²) in [4.78, 5) is 12.9. The van der Waals surface area contributed by atoms with Crippen molar-refractivity contribution in [2.75, 3.05) is 18.5 Å². The summed E-state index contributed by atoms with van der Waals surface area (Å²) in [5, 5.41) is 0.538. The average molecular weight is 252 g/mol. The minimum absolute atomic E-state index is 0.538. The summed E-state index contributed by atoms with van der Waals surface area (Å²) in [5.41, 5.74) is 1.65. The van der Waals surface area contributed by atoms with Crippen LogP contribution in [0.4, 0.5) is 5.69 Å². The topological polar surface area (TPSA) is 20.3 Å². The maximum atomic E-state index is 10.7. The number of carbonyl (C=O) groups is 1. The lowest BCUT2D eigenvalue weighted by Crippen LogP contribution is -2.23. The van der Waals surface area contributed by atoms with E-state index in [0.29, 0.717) is 10.6 Å². The minimum Gasteiger partial charge on any atom is -0.374 e. The fourth-order valence-electron chi connectivity index (χ4n) is 2.53. The van der Waals surface area contributed by atoms with Gasteiger partial charge in [0, 0.05) is 24.8 Å². The molecule has 2 rings (SSSR count). The van der Waals surface area contributed by atoms with Gasteiger partial charge in [-0.15, -0.1) is 0 Å². The highest BCUT2D eigenvalue weighted by Gasteiger charge is 2.17. The van der Waals surface area contributed by atoms with Crippen LogP contribution >= 0.6 is 11.6 Å². The molecule has 1 aliphatic rings. The first-order valence-corrected chi connectivity index (χ1v) is 6.54. The molecule has 0 radical (unpaired) electrons. The largest absolute Gasteiger partial charge is 0.374 e. The molecule has 17 heavy (non-hydrogen) atoms. The van der Waals surface area contributed by atoms with E-state index in [9.17, 15) is 4.79 Å². The highest BCUT2D eigenvalue weighted by atomic mass is 35.5. The number of aldehydes is 1. The maximum Gasteiger partial charge on any atom is 0.151 e. The standard InChI is InChI=1S/C14H18ClNO/c1-16(9-11-4-2-3-5-11)13-7-6-12(10-17)14(15)8-13/h6-8,10-11H,2-5,9H2,1H3. The third-order valence-electron chi connectivity index (χ3n) is 3.56. The molecular formula is C14H18ClNO. The molecule has 1 saturated carbocycles. The lowest BCUT2D eigenvalue weighted by Gasteiger charge is -2.23. The molecule has 0 aliphatic heterocycles. The van der Waals surface area contributed by atoms with E-state index < -0.39 is 0 Å². The average Bonchev–Trinajstić information content (AvgIpc) is 2.81. The molecule has 0 spiro atoms. The van der Waals surface area contributed by atoms with E-state index in [1.807, 2.05) is 12.1 Å². The molecule has 1 aromatic carbocycles. The first-order valence-electron chi connectivity index (χ1n) is 6.16. The zero-order valence-corrected chi connectivity index (χ0v) is 10.9. The summed E-state index contributed by atoms with van der Waals surface area (Å²) < 4.78 is 0. The number of anilines is 1. The summed E-state index contributed by atoms with van der Waals surface area (Å²) >= 11 is 6.03. The number of halogens is 1. The summed E-state index contributed by atoms with van der Waals surface area (Å²) in [6, 6.07) is 5.63. The second-order valence-corrected chi connectivity index (χ2v) is 5.26. The second kappa shape index (κ2) is 5.54. The monoisotopic (exact) mass is 251 g/mol. The molecule has 1 fully saturated rings. The van der Waals surface area contributed by atoms with Crippen LogP contribution in [0.3, 0.4) is 0 Å². The molecule has 0 bridgehead atoms. The van der Waals surface area contributed by atoms with E-state index >= 15 is 0 Å². The van der Waals surface area contributed by atoms with Gasteiger partial charge in [0.05, 0.1) is 5.02 Å². The third kappa shape index (κ3) is 3.01. The van der Waals surface area contributed by atoms with Gasteiger partial charge in [0.15, 0.2) is 6.29 Å². The second-order valence-electron chi connectivity index (χ2n) is 4.85. The molecular weight excluding hydrogens is 234 g/mol. The number of carbonyl (C=O) groups excluding carboxylic acids is 1. The SMILES string of the molecule is CN(CC1CCCC1)c1ccc(C=O)c(Cl)c1. The van der Waals surface area contributed by atoms with E-state index in [1.54, 1.807) is 6.07 Å². The van der Waals surface area contributed by atoms with Gasteiger partial charge in [0.1, 0.15) is 0 Å². The van der Waals surface area contributed by atoms with Crippen LogP contribution in [0.1, 0.15) is 36.0 Å². The third-order valence-corrected chi connectivity index (χ3v) is 3.89. The van der Waals surface area contributed by atoms with Crippen molar-refractivity contribution in [1.29, 1.82) is 0 Å². The lowest BCUT2D eigenvalue weighted by molar-refractivity contribution is 0.112. The fourth-order valence-corrected chi connectivity index (χ4v) is 2.75. The molecule has 0 aromatic heterocycles. The first-order chi connectivity index (χ1) is 8.20. The van der Waals surface area contributed by atoms with Crippen LogP contribution in [0.25, 0.3) is 0 Å². The van der Waals surface area contributed by atoms with Crippen LogP contribution in [0, 0.1) is 5.92 Å². The summed E-state index contributed by atoms with van der Waals surface area (Å²) in [6.45, 7) is 1.08. The van der Waals surface area contributed by atoms with Gasteiger partial charge in [-0.3, -0.25) is 4.79 Å². The van der Waals surface area contributed by atoms with Crippen LogP contribution in [0.2, 0.25) is 5.02 Å². The maximum absolute atomic E-state index is 10.7. The van der Waals surface area contributed by atoms with Gasteiger partial charge < -0.3 is 4.90 Å². The molecule has 0 saturated heterocycles. The smallest absolute Gasteiger partial charge is 0.151 e. The molecule has 1 aliphatic carbocycles. The van der Waals surface area contributed by atoms with Crippen molar-refractivity contribution in [3.05, 3.63) is 28.8 Å². The molecule has 0 heterocycles.